The molecule has 3 heteroatoms. The number of carbonyl (C=O) groups is 1. The summed E-state index contributed by atoms with van der Waals surface area (Å²) < 4.78 is 0. The summed E-state index contributed by atoms with van der Waals surface area (Å²) in [5, 5.41) is 0. The van der Waals surface area contributed by atoms with E-state index in [4.69, 9.17) is 5.73 Å². The van der Waals surface area contributed by atoms with Crippen LogP contribution in [0.5, 0.6) is 0 Å². The molecule has 1 aliphatic carbocycles. The van der Waals surface area contributed by atoms with Crippen LogP contribution >= 0.6 is 0 Å². The molecule has 0 aromatic heterocycles. The molecule has 2 rings (SSSR count). The van der Waals surface area contributed by atoms with Crippen LogP contribution in [0.2, 0.25) is 0 Å². The number of hydrogen-bond acceptors (Lipinski definition) is 2. The van der Waals surface area contributed by atoms with Crippen LogP contribution in [-0.2, 0) is 4.79 Å². The molecule has 0 radical (unpaired) electrons. The SMILES string of the molecule is CC(C(=O)N(CC1CC1)C(C)C)C(N)c1ccccc1. The summed E-state index contributed by atoms with van der Waals surface area (Å²) in [5.74, 6) is 0.711. The number of nitrogens with zero attached hydrogens (tertiary/aromatic N) is 1. The second kappa shape index (κ2) is 6.40. The van der Waals surface area contributed by atoms with Gasteiger partial charge in [-0.1, -0.05) is 37.3 Å². The Labute approximate surface area is 122 Å². The number of nitrogens with two attached hydrogens (primary N) is 1. The van der Waals surface area contributed by atoms with Crippen LogP contribution in [0.4, 0.5) is 0 Å². The average Bonchev–Trinajstić information content (AvgIpc) is 3.27. The van der Waals surface area contributed by atoms with Gasteiger partial charge in [-0.15, -0.1) is 0 Å². The van der Waals surface area contributed by atoms with E-state index in [-0.39, 0.29) is 23.9 Å². The van der Waals surface area contributed by atoms with E-state index in [1.54, 1.807) is 0 Å². The molecule has 3 nitrogen and oxygen atoms in total. The van der Waals surface area contributed by atoms with Gasteiger partial charge < -0.3 is 10.6 Å². The second-order valence-corrected chi connectivity index (χ2v) is 6.25. The fourth-order valence-electron chi connectivity index (χ4n) is 2.51. The molecule has 0 spiro atoms. The van der Waals surface area contributed by atoms with E-state index < -0.39 is 0 Å². The van der Waals surface area contributed by atoms with Gasteiger partial charge in [0.25, 0.3) is 0 Å². The molecule has 0 bridgehead atoms. The van der Waals surface area contributed by atoms with Gasteiger partial charge in [0.05, 0.1) is 5.92 Å². The van der Waals surface area contributed by atoms with Gasteiger partial charge in [-0.25, -0.2) is 0 Å². The Kier molecular flexibility index (Phi) is 4.81. The highest BCUT2D eigenvalue weighted by molar-refractivity contribution is 5.79. The van der Waals surface area contributed by atoms with E-state index in [0.29, 0.717) is 5.92 Å². The van der Waals surface area contributed by atoms with Crippen LogP contribution in [0.1, 0.15) is 45.2 Å². The Hall–Kier alpha value is -1.35. The number of amides is 1. The molecule has 1 aromatic rings. The zero-order valence-corrected chi connectivity index (χ0v) is 12.8. The van der Waals surface area contributed by atoms with Crippen molar-refractivity contribution in [2.75, 3.05) is 6.54 Å². The highest BCUT2D eigenvalue weighted by Crippen LogP contribution is 2.31. The lowest BCUT2D eigenvalue weighted by atomic mass is 9.93. The molecule has 2 N–H and O–H groups in total. The Balaban J connectivity index is 2.05. The molecule has 0 heterocycles. The van der Waals surface area contributed by atoms with Crippen LogP contribution in [0, 0.1) is 11.8 Å². The molecule has 1 fully saturated rings. The van der Waals surface area contributed by atoms with Gasteiger partial charge in [-0.3, -0.25) is 4.79 Å². The van der Waals surface area contributed by atoms with Gasteiger partial charge >= 0.3 is 0 Å². The van der Waals surface area contributed by atoms with Crippen molar-refractivity contribution >= 4 is 5.91 Å². The van der Waals surface area contributed by atoms with Gasteiger partial charge in [-0.2, -0.15) is 0 Å². The lowest BCUT2D eigenvalue weighted by Gasteiger charge is -2.31. The van der Waals surface area contributed by atoms with Gasteiger partial charge in [-0.05, 0) is 38.2 Å². The lowest BCUT2D eigenvalue weighted by Crippen LogP contribution is -2.44. The number of benzene rings is 1. The van der Waals surface area contributed by atoms with E-state index in [1.807, 2.05) is 42.2 Å². The topological polar surface area (TPSA) is 46.3 Å². The summed E-state index contributed by atoms with van der Waals surface area (Å²) >= 11 is 0. The minimum absolute atomic E-state index is 0.182. The van der Waals surface area contributed by atoms with Crippen molar-refractivity contribution in [2.24, 2.45) is 17.6 Å². The van der Waals surface area contributed by atoms with Crippen molar-refractivity contribution in [3.8, 4) is 0 Å². The van der Waals surface area contributed by atoms with Gasteiger partial charge in [0.1, 0.15) is 0 Å². The fourth-order valence-corrected chi connectivity index (χ4v) is 2.51. The first kappa shape index (κ1) is 15.0. The predicted molar refractivity (Wildman–Crippen MR) is 82.1 cm³/mol. The van der Waals surface area contributed by atoms with Crippen LogP contribution in [0.3, 0.4) is 0 Å². The van der Waals surface area contributed by atoms with Gasteiger partial charge in [0.15, 0.2) is 0 Å². The lowest BCUT2D eigenvalue weighted by molar-refractivity contribution is -0.137. The molecular weight excluding hydrogens is 248 g/mol. The molecule has 1 aliphatic rings. The molecule has 20 heavy (non-hydrogen) atoms. The fraction of sp³-hybridized carbons (Fsp3) is 0.588. The minimum atomic E-state index is -0.232. The van der Waals surface area contributed by atoms with Crippen LogP contribution in [-0.4, -0.2) is 23.4 Å². The standard InChI is InChI=1S/C17H26N2O/c1-12(2)19(11-14-9-10-14)17(20)13(3)16(18)15-7-5-4-6-8-15/h4-8,12-14,16H,9-11,18H2,1-3H3. The molecule has 1 saturated carbocycles. The van der Waals surface area contributed by atoms with Crippen molar-refractivity contribution in [3.63, 3.8) is 0 Å². The maximum absolute atomic E-state index is 12.7. The number of carbonyl (C=O) groups excluding carboxylic acids is 1. The normalized spacial score (nSPS) is 17.9. The maximum atomic E-state index is 12.7. The maximum Gasteiger partial charge on any atom is 0.227 e. The van der Waals surface area contributed by atoms with E-state index >= 15 is 0 Å². The smallest absolute Gasteiger partial charge is 0.227 e. The summed E-state index contributed by atoms with van der Waals surface area (Å²) in [6.45, 7) is 7.01. The van der Waals surface area contributed by atoms with Gasteiger partial charge in [0.2, 0.25) is 5.91 Å². The third-order valence-electron chi connectivity index (χ3n) is 4.17. The molecule has 110 valence electrons. The van der Waals surface area contributed by atoms with E-state index in [2.05, 4.69) is 13.8 Å². The van der Waals surface area contributed by atoms with E-state index in [9.17, 15) is 4.79 Å². The van der Waals surface area contributed by atoms with Crippen LogP contribution in [0.15, 0.2) is 30.3 Å². The third-order valence-corrected chi connectivity index (χ3v) is 4.17. The van der Waals surface area contributed by atoms with Crippen LogP contribution < -0.4 is 5.73 Å². The minimum Gasteiger partial charge on any atom is -0.340 e. The highest BCUT2D eigenvalue weighted by atomic mass is 16.2. The summed E-state index contributed by atoms with van der Waals surface area (Å²) in [4.78, 5) is 14.7. The first-order valence-electron chi connectivity index (χ1n) is 7.61. The molecule has 2 atom stereocenters. The van der Waals surface area contributed by atoms with Gasteiger partial charge in [0, 0.05) is 18.6 Å². The van der Waals surface area contributed by atoms with Crippen molar-refractivity contribution in [1.82, 2.24) is 4.90 Å². The largest absolute Gasteiger partial charge is 0.340 e. The zero-order chi connectivity index (χ0) is 14.7. The predicted octanol–water partition coefficient (Wildman–Crippen LogP) is 2.97. The Bertz CT molecular complexity index is 440. The molecule has 1 amide bonds. The average molecular weight is 274 g/mol. The summed E-state index contributed by atoms with van der Waals surface area (Å²) in [6, 6.07) is 9.91. The van der Waals surface area contributed by atoms with Crippen molar-refractivity contribution in [2.45, 2.75) is 45.7 Å². The van der Waals surface area contributed by atoms with Crippen LogP contribution in [0.25, 0.3) is 0 Å². The molecular formula is C17H26N2O. The molecule has 1 aromatic carbocycles. The highest BCUT2D eigenvalue weighted by Gasteiger charge is 2.32. The molecule has 0 aliphatic heterocycles. The summed E-state index contributed by atoms with van der Waals surface area (Å²) in [5.41, 5.74) is 7.31. The number of hydrogen-bond donors (Lipinski definition) is 1. The van der Waals surface area contributed by atoms with Crippen molar-refractivity contribution in [3.05, 3.63) is 35.9 Å². The third kappa shape index (κ3) is 3.60. The second-order valence-electron chi connectivity index (χ2n) is 6.25. The van der Waals surface area contributed by atoms with E-state index in [1.165, 1.54) is 12.8 Å². The Morgan fingerprint density at radius 1 is 1.25 bits per heavy atom. The summed E-state index contributed by atoms with van der Waals surface area (Å²) in [7, 11) is 0. The van der Waals surface area contributed by atoms with Crippen molar-refractivity contribution in [1.29, 1.82) is 0 Å². The number of rotatable bonds is 6. The Morgan fingerprint density at radius 3 is 2.35 bits per heavy atom. The monoisotopic (exact) mass is 274 g/mol. The molecule has 2 unspecified atom stereocenters. The summed E-state index contributed by atoms with van der Waals surface area (Å²) in [6.07, 6.45) is 2.52. The zero-order valence-electron chi connectivity index (χ0n) is 12.8. The molecule has 0 saturated heterocycles. The first-order valence-corrected chi connectivity index (χ1v) is 7.61. The Morgan fingerprint density at radius 2 is 1.85 bits per heavy atom. The van der Waals surface area contributed by atoms with Crippen molar-refractivity contribution < 1.29 is 4.79 Å². The van der Waals surface area contributed by atoms with E-state index in [0.717, 1.165) is 12.1 Å². The quantitative estimate of drug-likeness (QED) is 0.867. The first-order chi connectivity index (χ1) is 9.50.